The van der Waals surface area contributed by atoms with Crippen molar-refractivity contribution < 1.29 is 4.74 Å². The molecule has 90 valence electrons. The molecule has 0 N–H and O–H groups in total. The van der Waals surface area contributed by atoms with E-state index in [0.717, 1.165) is 18.8 Å². The molecule has 0 heterocycles. The number of hydrogen-bond acceptors (Lipinski definition) is 1. The maximum Gasteiger partial charge on any atom is 0.119 e. The molecule has 0 fully saturated rings. The minimum atomic E-state index is 0.443. The van der Waals surface area contributed by atoms with E-state index >= 15 is 0 Å². The molecule has 2 aromatic rings. The molecule has 0 aliphatic carbocycles. The predicted octanol–water partition coefficient (Wildman–Crippen LogP) is 4.78. The molecule has 1 nitrogen and oxygen atoms in total. The average molecular weight is 293 g/mol. The Bertz CT molecular complexity index is 481. The van der Waals surface area contributed by atoms with Crippen LogP contribution in [0.3, 0.4) is 0 Å². The van der Waals surface area contributed by atoms with E-state index in [2.05, 4.69) is 59.3 Å². The molecule has 0 aromatic heterocycles. The van der Waals surface area contributed by atoms with Gasteiger partial charge < -0.3 is 4.74 Å². The van der Waals surface area contributed by atoms with Crippen LogP contribution in [0.2, 0.25) is 0 Å². The van der Waals surface area contributed by atoms with E-state index in [9.17, 15) is 0 Å². The van der Waals surface area contributed by atoms with Crippen LogP contribution < -0.4 is 4.74 Å². The van der Waals surface area contributed by atoms with E-state index in [4.69, 9.17) is 4.74 Å². The molecule has 0 bridgehead atoms. The van der Waals surface area contributed by atoms with Crippen LogP contribution in [0.1, 0.15) is 19.8 Å². The molecule has 2 rings (SSSR count). The fraction of sp³-hybridized carbons (Fsp3) is 0.333. The molecule has 1 unspecified atom stereocenters. The highest BCUT2D eigenvalue weighted by molar-refractivity contribution is 9.09. The van der Waals surface area contributed by atoms with Crippen LogP contribution >= 0.6 is 15.9 Å². The predicted molar refractivity (Wildman–Crippen MR) is 77.1 cm³/mol. The summed E-state index contributed by atoms with van der Waals surface area (Å²) in [5.74, 6) is 0.948. The highest BCUT2D eigenvalue weighted by Gasteiger charge is 2.04. The van der Waals surface area contributed by atoms with Gasteiger partial charge in [-0.25, -0.2) is 0 Å². The van der Waals surface area contributed by atoms with Crippen LogP contribution in [0.5, 0.6) is 5.75 Å². The Morgan fingerprint density at radius 1 is 1.12 bits per heavy atom. The number of benzene rings is 2. The van der Waals surface area contributed by atoms with E-state index in [-0.39, 0.29) is 0 Å². The summed E-state index contributed by atoms with van der Waals surface area (Å²) in [6.07, 6.45) is 2.32. The topological polar surface area (TPSA) is 9.23 Å². The monoisotopic (exact) mass is 292 g/mol. The summed E-state index contributed by atoms with van der Waals surface area (Å²) < 4.78 is 5.78. The number of rotatable bonds is 5. The number of hydrogen-bond donors (Lipinski definition) is 0. The van der Waals surface area contributed by atoms with Crippen molar-refractivity contribution in [3.05, 3.63) is 42.5 Å². The Balaban J connectivity index is 2.04. The minimum Gasteiger partial charge on any atom is -0.492 e. The molecule has 0 aliphatic rings. The first-order valence-electron chi connectivity index (χ1n) is 6.05. The molecule has 2 aromatic carbocycles. The fourth-order valence-corrected chi connectivity index (χ4v) is 2.43. The van der Waals surface area contributed by atoms with Crippen molar-refractivity contribution in [1.82, 2.24) is 0 Å². The fourth-order valence-electron chi connectivity index (χ4n) is 1.84. The lowest BCUT2D eigenvalue weighted by atomic mass is 10.1. The van der Waals surface area contributed by atoms with Crippen molar-refractivity contribution in [2.45, 2.75) is 24.6 Å². The second-order valence-electron chi connectivity index (χ2n) is 4.21. The molecule has 0 spiro atoms. The van der Waals surface area contributed by atoms with Gasteiger partial charge in [-0.15, -0.1) is 0 Å². The third kappa shape index (κ3) is 3.47. The lowest BCUT2D eigenvalue weighted by Crippen LogP contribution is -2.10. The van der Waals surface area contributed by atoms with E-state index < -0.39 is 0 Å². The van der Waals surface area contributed by atoms with E-state index in [0.29, 0.717) is 4.83 Å². The van der Waals surface area contributed by atoms with Crippen molar-refractivity contribution in [1.29, 1.82) is 0 Å². The Kier molecular flexibility index (Phi) is 4.43. The first-order chi connectivity index (χ1) is 8.29. The third-order valence-corrected chi connectivity index (χ3v) is 3.48. The van der Waals surface area contributed by atoms with Crippen LogP contribution in [-0.2, 0) is 0 Å². The zero-order valence-electron chi connectivity index (χ0n) is 10.0. The SMILES string of the molecule is CCCC(Br)COc1ccc2ccccc2c1. The zero-order valence-corrected chi connectivity index (χ0v) is 11.6. The Labute approximate surface area is 111 Å². The van der Waals surface area contributed by atoms with E-state index in [1.54, 1.807) is 0 Å². The highest BCUT2D eigenvalue weighted by atomic mass is 79.9. The molecule has 0 aliphatic heterocycles. The van der Waals surface area contributed by atoms with Gasteiger partial charge in [0.15, 0.2) is 0 Å². The van der Waals surface area contributed by atoms with Crippen molar-refractivity contribution in [3.63, 3.8) is 0 Å². The van der Waals surface area contributed by atoms with Gasteiger partial charge in [0.25, 0.3) is 0 Å². The summed E-state index contributed by atoms with van der Waals surface area (Å²) in [4.78, 5) is 0.443. The van der Waals surface area contributed by atoms with Gasteiger partial charge in [0.05, 0.1) is 0 Å². The van der Waals surface area contributed by atoms with Crippen molar-refractivity contribution >= 4 is 26.7 Å². The lowest BCUT2D eigenvalue weighted by Gasteiger charge is -2.11. The maximum absolute atomic E-state index is 5.78. The molecular formula is C15H17BrO. The Hall–Kier alpha value is -1.02. The molecular weight excluding hydrogens is 276 g/mol. The molecule has 0 radical (unpaired) electrons. The molecule has 2 heteroatoms. The van der Waals surface area contributed by atoms with Crippen molar-refractivity contribution in [3.8, 4) is 5.75 Å². The molecule has 0 amide bonds. The van der Waals surface area contributed by atoms with Crippen molar-refractivity contribution in [2.24, 2.45) is 0 Å². The van der Waals surface area contributed by atoms with Gasteiger partial charge >= 0.3 is 0 Å². The van der Waals surface area contributed by atoms with Crippen molar-refractivity contribution in [2.75, 3.05) is 6.61 Å². The molecule has 17 heavy (non-hydrogen) atoms. The highest BCUT2D eigenvalue weighted by Crippen LogP contribution is 2.21. The van der Waals surface area contributed by atoms with Crippen LogP contribution in [-0.4, -0.2) is 11.4 Å². The van der Waals surface area contributed by atoms with E-state index in [1.165, 1.54) is 17.2 Å². The standard InChI is InChI=1S/C15H17BrO/c1-2-5-14(16)11-17-15-9-8-12-6-3-4-7-13(12)10-15/h3-4,6-10,14H,2,5,11H2,1H3. The number of alkyl halides is 1. The van der Waals surface area contributed by atoms with Crippen LogP contribution in [0.25, 0.3) is 10.8 Å². The summed E-state index contributed by atoms with van der Waals surface area (Å²) in [5, 5.41) is 2.48. The summed E-state index contributed by atoms with van der Waals surface area (Å²) in [7, 11) is 0. The Morgan fingerprint density at radius 3 is 2.65 bits per heavy atom. The first kappa shape index (κ1) is 12.4. The quantitative estimate of drug-likeness (QED) is 0.721. The summed E-state index contributed by atoms with van der Waals surface area (Å²) in [6, 6.07) is 14.6. The normalized spacial score (nSPS) is 12.6. The lowest BCUT2D eigenvalue weighted by molar-refractivity contribution is 0.314. The van der Waals surface area contributed by atoms with Crippen LogP contribution in [0.15, 0.2) is 42.5 Å². The number of halogens is 1. The van der Waals surface area contributed by atoms with Crippen LogP contribution in [0, 0.1) is 0 Å². The van der Waals surface area contributed by atoms with Gasteiger partial charge in [-0.1, -0.05) is 59.6 Å². The third-order valence-electron chi connectivity index (χ3n) is 2.75. The second-order valence-corrected chi connectivity index (χ2v) is 5.50. The van der Waals surface area contributed by atoms with Crippen LogP contribution in [0.4, 0.5) is 0 Å². The Morgan fingerprint density at radius 2 is 1.88 bits per heavy atom. The second kappa shape index (κ2) is 6.06. The van der Waals surface area contributed by atoms with Gasteiger partial charge in [0.1, 0.15) is 12.4 Å². The number of ether oxygens (including phenoxy) is 1. The largest absolute Gasteiger partial charge is 0.492 e. The number of fused-ring (bicyclic) bond motifs is 1. The molecule has 0 saturated carbocycles. The van der Waals surface area contributed by atoms with Gasteiger partial charge in [-0.2, -0.15) is 0 Å². The average Bonchev–Trinajstić information content (AvgIpc) is 2.36. The van der Waals surface area contributed by atoms with Gasteiger partial charge in [0, 0.05) is 4.83 Å². The van der Waals surface area contributed by atoms with Gasteiger partial charge in [-0.05, 0) is 29.3 Å². The van der Waals surface area contributed by atoms with Gasteiger partial charge in [0.2, 0.25) is 0 Å². The van der Waals surface area contributed by atoms with E-state index in [1.807, 2.05) is 6.07 Å². The minimum absolute atomic E-state index is 0.443. The smallest absolute Gasteiger partial charge is 0.119 e. The maximum atomic E-state index is 5.78. The summed E-state index contributed by atoms with van der Waals surface area (Å²) >= 11 is 3.62. The molecule has 1 atom stereocenters. The van der Waals surface area contributed by atoms with Gasteiger partial charge in [-0.3, -0.25) is 0 Å². The first-order valence-corrected chi connectivity index (χ1v) is 6.97. The zero-order chi connectivity index (χ0) is 12.1. The molecule has 0 saturated heterocycles. The summed E-state index contributed by atoms with van der Waals surface area (Å²) in [5.41, 5.74) is 0. The summed E-state index contributed by atoms with van der Waals surface area (Å²) in [6.45, 7) is 2.91.